The van der Waals surface area contributed by atoms with E-state index in [-0.39, 0.29) is 5.88 Å². The highest BCUT2D eigenvalue weighted by Crippen LogP contribution is 2.30. The zero-order chi connectivity index (χ0) is 9.97. The van der Waals surface area contributed by atoms with Gasteiger partial charge < -0.3 is 5.11 Å². The quantitative estimate of drug-likeness (QED) is 0.766. The molecule has 0 saturated heterocycles. The second-order valence-electron chi connectivity index (χ2n) is 3.39. The number of aromatic hydroxyl groups is 1. The zero-order valence-corrected chi connectivity index (χ0v) is 8.97. The molecule has 0 saturated carbocycles. The average molecular weight is 207 g/mol. The van der Waals surface area contributed by atoms with Gasteiger partial charge in [0, 0.05) is 5.57 Å². The van der Waals surface area contributed by atoms with E-state index in [1.54, 1.807) is 11.3 Å². The van der Waals surface area contributed by atoms with Gasteiger partial charge >= 0.3 is 0 Å². The first-order valence-electron chi connectivity index (χ1n) is 4.81. The van der Waals surface area contributed by atoms with Gasteiger partial charge in [-0.05, 0) is 26.2 Å². The summed E-state index contributed by atoms with van der Waals surface area (Å²) in [5.41, 5.74) is 1.15. The molecule has 0 bridgehead atoms. The van der Waals surface area contributed by atoms with Crippen molar-refractivity contribution in [3.8, 4) is 5.88 Å². The van der Waals surface area contributed by atoms with Crippen LogP contribution in [0.25, 0.3) is 5.57 Å². The van der Waals surface area contributed by atoms with Gasteiger partial charge in [-0.25, -0.2) is 4.98 Å². The van der Waals surface area contributed by atoms with E-state index in [0.29, 0.717) is 0 Å². The Morgan fingerprint density at radius 3 is 3.00 bits per heavy atom. The van der Waals surface area contributed by atoms with Crippen molar-refractivity contribution < 1.29 is 5.11 Å². The second-order valence-corrected chi connectivity index (χ2v) is 4.59. The maximum atomic E-state index is 9.39. The molecule has 0 aliphatic heterocycles. The fourth-order valence-electron chi connectivity index (χ4n) is 1.44. The third-order valence-electron chi connectivity index (χ3n) is 2.26. The number of aryl methyl sites for hydroxylation is 1. The lowest BCUT2D eigenvalue weighted by atomic mass is 10.2. The minimum absolute atomic E-state index is 0.170. The van der Waals surface area contributed by atoms with E-state index in [4.69, 9.17) is 0 Å². The van der Waals surface area contributed by atoms with Crippen LogP contribution in [-0.4, -0.2) is 10.1 Å². The largest absolute Gasteiger partial charge is 0.492 e. The molecule has 1 N–H and O–H groups in total. The minimum atomic E-state index is 0.170. The molecule has 0 fully saturated rings. The summed E-state index contributed by atoms with van der Waals surface area (Å²) in [6.07, 6.45) is 9.91. The van der Waals surface area contributed by atoms with Gasteiger partial charge in [0.15, 0.2) is 0 Å². The minimum Gasteiger partial charge on any atom is -0.492 e. The fraction of sp³-hybridized carbons (Fsp3) is 0.364. The van der Waals surface area contributed by atoms with Crippen LogP contribution in [-0.2, 0) is 0 Å². The number of hydrogen-bond donors (Lipinski definition) is 1. The zero-order valence-electron chi connectivity index (χ0n) is 8.16. The number of allylic oxidation sites excluding steroid dienone is 4. The summed E-state index contributed by atoms with van der Waals surface area (Å²) in [4.78, 5) is 5.02. The van der Waals surface area contributed by atoms with Crippen molar-refractivity contribution in [3.63, 3.8) is 0 Å². The topological polar surface area (TPSA) is 33.1 Å². The lowest BCUT2D eigenvalue weighted by molar-refractivity contribution is 0.453. The van der Waals surface area contributed by atoms with E-state index in [9.17, 15) is 5.11 Å². The molecule has 0 aromatic carbocycles. The van der Waals surface area contributed by atoms with Gasteiger partial charge in [-0.1, -0.05) is 18.2 Å². The van der Waals surface area contributed by atoms with Crippen LogP contribution < -0.4 is 0 Å². The molecule has 74 valence electrons. The number of thiazole rings is 1. The molecule has 0 unspecified atom stereocenters. The smallest absolute Gasteiger partial charge is 0.225 e. The van der Waals surface area contributed by atoms with Crippen molar-refractivity contribution in [1.29, 1.82) is 0 Å². The van der Waals surface area contributed by atoms with Crippen LogP contribution in [0.3, 0.4) is 0 Å². The van der Waals surface area contributed by atoms with Crippen molar-refractivity contribution in [3.05, 3.63) is 28.1 Å². The maximum absolute atomic E-state index is 9.39. The van der Waals surface area contributed by atoms with Gasteiger partial charge in [-0.2, -0.15) is 0 Å². The monoisotopic (exact) mass is 207 g/mol. The summed E-state index contributed by atoms with van der Waals surface area (Å²) >= 11 is 1.55. The first kappa shape index (κ1) is 9.46. The van der Waals surface area contributed by atoms with Crippen LogP contribution in [0.5, 0.6) is 5.88 Å². The van der Waals surface area contributed by atoms with Crippen molar-refractivity contribution in [2.24, 2.45) is 0 Å². The van der Waals surface area contributed by atoms with Crippen molar-refractivity contribution >= 4 is 16.9 Å². The molecule has 1 aliphatic carbocycles. The van der Waals surface area contributed by atoms with Crippen molar-refractivity contribution in [2.75, 3.05) is 0 Å². The van der Waals surface area contributed by atoms with E-state index in [0.717, 1.165) is 28.3 Å². The molecule has 0 atom stereocenters. The molecule has 0 radical (unpaired) electrons. The Kier molecular flexibility index (Phi) is 2.68. The Morgan fingerprint density at radius 1 is 1.43 bits per heavy atom. The molecule has 1 aromatic heterocycles. The summed E-state index contributed by atoms with van der Waals surface area (Å²) in [5, 5.41) is 10.3. The molecule has 1 heterocycles. The van der Waals surface area contributed by atoms with Crippen LogP contribution in [0.15, 0.2) is 18.2 Å². The summed E-state index contributed by atoms with van der Waals surface area (Å²) in [7, 11) is 0. The summed E-state index contributed by atoms with van der Waals surface area (Å²) < 4.78 is 0. The molecule has 14 heavy (non-hydrogen) atoms. The molecule has 1 aliphatic rings. The van der Waals surface area contributed by atoms with Crippen LogP contribution in [0.2, 0.25) is 0 Å². The van der Waals surface area contributed by atoms with Crippen LogP contribution in [0, 0.1) is 6.92 Å². The Labute approximate surface area is 87.6 Å². The van der Waals surface area contributed by atoms with E-state index in [1.165, 1.54) is 6.42 Å². The lowest BCUT2D eigenvalue weighted by Crippen LogP contribution is -1.77. The van der Waals surface area contributed by atoms with Crippen molar-refractivity contribution in [2.45, 2.75) is 26.2 Å². The number of rotatable bonds is 1. The van der Waals surface area contributed by atoms with E-state index in [2.05, 4.69) is 23.2 Å². The predicted octanol–water partition coefficient (Wildman–Crippen LogP) is 3.28. The Hall–Kier alpha value is -1.09. The normalized spacial score (nSPS) is 16.5. The average Bonchev–Trinajstić information content (AvgIpc) is 2.46. The highest BCUT2D eigenvalue weighted by atomic mass is 32.1. The van der Waals surface area contributed by atoms with Crippen LogP contribution in [0.1, 0.15) is 29.1 Å². The van der Waals surface area contributed by atoms with E-state index >= 15 is 0 Å². The summed E-state index contributed by atoms with van der Waals surface area (Å²) in [6.45, 7) is 1.89. The summed E-state index contributed by atoms with van der Waals surface area (Å²) in [6, 6.07) is 0. The number of hydrogen-bond acceptors (Lipinski definition) is 3. The molecular weight excluding hydrogens is 194 g/mol. The van der Waals surface area contributed by atoms with Gasteiger partial charge in [0.25, 0.3) is 0 Å². The molecule has 2 rings (SSSR count). The predicted molar refractivity (Wildman–Crippen MR) is 59.5 cm³/mol. The third-order valence-corrected chi connectivity index (χ3v) is 3.26. The molecular formula is C11H13NOS. The second kappa shape index (κ2) is 3.96. The first-order valence-corrected chi connectivity index (χ1v) is 5.62. The van der Waals surface area contributed by atoms with Crippen molar-refractivity contribution in [1.82, 2.24) is 4.98 Å². The van der Waals surface area contributed by atoms with E-state index in [1.807, 2.05) is 6.92 Å². The highest BCUT2D eigenvalue weighted by molar-refractivity contribution is 7.13. The maximum Gasteiger partial charge on any atom is 0.225 e. The Morgan fingerprint density at radius 2 is 2.29 bits per heavy atom. The fourth-order valence-corrected chi connectivity index (χ4v) is 2.27. The molecule has 2 nitrogen and oxygen atoms in total. The molecule has 0 amide bonds. The van der Waals surface area contributed by atoms with Crippen LogP contribution >= 0.6 is 11.3 Å². The van der Waals surface area contributed by atoms with Gasteiger partial charge in [0.05, 0.1) is 4.88 Å². The lowest BCUT2D eigenvalue weighted by Gasteiger charge is -1.93. The molecule has 1 aromatic rings. The molecule has 0 spiro atoms. The Bertz CT molecular complexity index is 370. The summed E-state index contributed by atoms with van der Waals surface area (Å²) in [5.74, 6) is 0.170. The van der Waals surface area contributed by atoms with Gasteiger partial charge in [-0.3, -0.25) is 0 Å². The highest BCUT2D eigenvalue weighted by Gasteiger charge is 2.09. The number of aromatic nitrogens is 1. The number of nitrogens with zero attached hydrogens (tertiary/aromatic N) is 1. The van der Waals surface area contributed by atoms with Crippen LogP contribution in [0.4, 0.5) is 0 Å². The third kappa shape index (κ3) is 1.87. The molecule has 3 heteroatoms. The first-order chi connectivity index (χ1) is 6.77. The Balaban J connectivity index is 2.33. The van der Waals surface area contributed by atoms with E-state index < -0.39 is 0 Å². The van der Waals surface area contributed by atoms with Gasteiger partial charge in [-0.15, -0.1) is 11.3 Å². The van der Waals surface area contributed by atoms with Gasteiger partial charge in [0.2, 0.25) is 5.88 Å². The van der Waals surface area contributed by atoms with Gasteiger partial charge in [0.1, 0.15) is 5.01 Å². The SMILES string of the molecule is Cc1sc(C2=CCCCC=C2)nc1O. The standard InChI is InChI=1S/C11H13NOS/c1-8-10(13)12-11(14-8)9-6-4-2-3-5-7-9/h4,6-7,13H,2-3,5H2,1H3.